The van der Waals surface area contributed by atoms with E-state index in [2.05, 4.69) is 5.32 Å². The fraction of sp³-hybridized carbons (Fsp3) is 0.462. The molecule has 0 aliphatic heterocycles. The predicted molar refractivity (Wildman–Crippen MR) is 65.1 cm³/mol. The number of hydrogen-bond acceptors (Lipinski definition) is 3. The minimum Gasteiger partial charge on any atom is -0.388 e. The highest BCUT2D eigenvalue weighted by Crippen LogP contribution is 2.21. The van der Waals surface area contributed by atoms with Gasteiger partial charge >= 0.3 is 0 Å². The maximum Gasteiger partial charge on any atom is 0.143 e. The molecule has 0 saturated carbocycles. The van der Waals surface area contributed by atoms with Gasteiger partial charge in [0.15, 0.2) is 0 Å². The van der Waals surface area contributed by atoms with Crippen molar-refractivity contribution in [3.05, 3.63) is 29.6 Å². The molecule has 0 radical (unpaired) electrons. The first kappa shape index (κ1) is 13.5. The zero-order valence-electron chi connectivity index (χ0n) is 10.3. The van der Waals surface area contributed by atoms with Crippen LogP contribution in [0.15, 0.2) is 18.2 Å². The minimum absolute atomic E-state index is 0.0212. The molecule has 1 atom stereocenters. The number of nitriles is 1. The van der Waals surface area contributed by atoms with Gasteiger partial charge < -0.3 is 10.4 Å². The summed E-state index contributed by atoms with van der Waals surface area (Å²) in [6.07, 6.45) is 0. The smallest absolute Gasteiger partial charge is 0.143 e. The number of halogens is 1. The number of hydrogen-bond donors (Lipinski definition) is 2. The van der Waals surface area contributed by atoms with Crippen LogP contribution in [0.2, 0.25) is 0 Å². The summed E-state index contributed by atoms with van der Waals surface area (Å²) in [6.45, 7) is 5.77. The van der Waals surface area contributed by atoms with Crippen molar-refractivity contribution in [1.82, 2.24) is 0 Å². The Balaban J connectivity index is 2.84. The summed E-state index contributed by atoms with van der Waals surface area (Å²) in [6, 6.07) is 6.20. The van der Waals surface area contributed by atoms with Crippen molar-refractivity contribution in [2.45, 2.75) is 26.4 Å². The van der Waals surface area contributed by atoms with Crippen molar-refractivity contribution in [3.63, 3.8) is 0 Å². The molecule has 0 heterocycles. The maximum atomic E-state index is 13.3. The average Bonchev–Trinajstić information content (AvgIpc) is 2.26. The molecule has 3 nitrogen and oxygen atoms in total. The van der Waals surface area contributed by atoms with E-state index in [1.165, 1.54) is 12.1 Å². The van der Waals surface area contributed by atoms with Gasteiger partial charge in [0.25, 0.3) is 0 Å². The lowest BCUT2D eigenvalue weighted by atomic mass is 9.92. The maximum absolute atomic E-state index is 13.3. The van der Waals surface area contributed by atoms with Crippen LogP contribution in [0.3, 0.4) is 0 Å². The topological polar surface area (TPSA) is 56.0 Å². The Bertz CT molecular complexity index is 436. The molecule has 0 aromatic heterocycles. The van der Waals surface area contributed by atoms with Gasteiger partial charge in [0.1, 0.15) is 17.4 Å². The van der Waals surface area contributed by atoms with Crippen LogP contribution in [-0.2, 0) is 0 Å². The van der Waals surface area contributed by atoms with Gasteiger partial charge in [-0.05, 0) is 25.0 Å². The molecule has 0 saturated heterocycles. The van der Waals surface area contributed by atoms with Crippen LogP contribution in [-0.4, -0.2) is 17.3 Å². The van der Waals surface area contributed by atoms with Crippen molar-refractivity contribution < 1.29 is 9.50 Å². The third-order valence-corrected chi connectivity index (χ3v) is 3.01. The van der Waals surface area contributed by atoms with Gasteiger partial charge in [-0.25, -0.2) is 4.39 Å². The molecule has 0 bridgehead atoms. The van der Waals surface area contributed by atoms with Gasteiger partial charge in [-0.15, -0.1) is 0 Å². The fourth-order valence-electron chi connectivity index (χ4n) is 1.26. The lowest BCUT2D eigenvalue weighted by Crippen LogP contribution is -2.38. The van der Waals surface area contributed by atoms with Crippen molar-refractivity contribution >= 4 is 5.69 Å². The van der Waals surface area contributed by atoms with Crippen molar-refractivity contribution in [3.8, 4) is 6.07 Å². The third-order valence-electron chi connectivity index (χ3n) is 3.01. The molecule has 1 aromatic rings. The van der Waals surface area contributed by atoms with E-state index in [1.54, 1.807) is 13.0 Å². The van der Waals surface area contributed by atoms with Gasteiger partial charge in [0.2, 0.25) is 0 Å². The minimum atomic E-state index is -0.904. The van der Waals surface area contributed by atoms with Gasteiger partial charge in [-0.2, -0.15) is 5.26 Å². The molecular formula is C13H17FN2O. The highest BCUT2D eigenvalue weighted by atomic mass is 19.1. The van der Waals surface area contributed by atoms with E-state index in [-0.39, 0.29) is 18.0 Å². The Kier molecular flexibility index (Phi) is 4.08. The number of aliphatic hydroxyl groups is 1. The van der Waals surface area contributed by atoms with E-state index >= 15 is 0 Å². The molecule has 2 N–H and O–H groups in total. The average molecular weight is 236 g/mol. The Labute approximate surface area is 101 Å². The quantitative estimate of drug-likeness (QED) is 0.844. The van der Waals surface area contributed by atoms with Crippen LogP contribution < -0.4 is 5.32 Å². The van der Waals surface area contributed by atoms with E-state index in [1.807, 2.05) is 19.9 Å². The highest BCUT2D eigenvalue weighted by molar-refractivity contribution is 5.58. The Morgan fingerprint density at radius 2 is 2.18 bits per heavy atom. The van der Waals surface area contributed by atoms with Crippen LogP contribution in [0.5, 0.6) is 0 Å². The van der Waals surface area contributed by atoms with E-state index in [0.717, 1.165) is 0 Å². The first-order chi connectivity index (χ1) is 7.88. The molecule has 1 rings (SSSR count). The molecule has 4 heteroatoms. The van der Waals surface area contributed by atoms with E-state index in [9.17, 15) is 9.50 Å². The molecular weight excluding hydrogens is 219 g/mol. The summed E-state index contributed by atoms with van der Waals surface area (Å²) in [4.78, 5) is 0. The fourth-order valence-corrected chi connectivity index (χ4v) is 1.26. The van der Waals surface area contributed by atoms with Crippen LogP contribution >= 0.6 is 0 Å². The summed E-state index contributed by atoms with van der Waals surface area (Å²) < 4.78 is 13.3. The third kappa shape index (κ3) is 3.18. The van der Waals surface area contributed by atoms with Crippen LogP contribution in [0, 0.1) is 23.1 Å². The second-order valence-corrected chi connectivity index (χ2v) is 4.64. The summed E-state index contributed by atoms with van der Waals surface area (Å²) in [5.74, 6) is -0.490. The summed E-state index contributed by atoms with van der Waals surface area (Å²) in [5, 5.41) is 21.8. The number of anilines is 1. The van der Waals surface area contributed by atoms with Crippen LogP contribution in [0.1, 0.15) is 26.3 Å². The normalized spacial score (nSPS) is 14.2. The second kappa shape index (κ2) is 5.15. The van der Waals surface area contributed by atoms with Crippen molar-refractivity contribution in [1.29, 1.82) is 5.26 Å². The number of nitrogens with one attached hydrogen (secondary N) is 1. The van der Waals surface area contributed by atoms with E-state index in [4.69, 9.17) is 5.26 Å². The predicted octanol–water partition coefficient (Wildman–Crippen LogP) is 2.52. The molecule has 17 heavy (non-hydrogen) atoms. The molecule has 1 unspecified atom stereocenters. The van der Waals surface area contributed by atoms with E-state index in [0.29, 0.717) is 5.69 Å². The zero-order chi connectivity index (χ0) is 13.1. The first-order valence-electron chi connectivity index (χ1n) is 5.53. The molecule has 92 valence electrons. The Morgan fingerprint density at radius 1 is 1.53 bits per heavy atom. The number of benzene rings is 1. The zero-order valence-corrected chi connectivity index (χ0v) is 10.3. The molecule has 0 amide bonds. The molecule has 0 spiro atoms. The largest absolute Gasteiger partial charge is 0.388 e. The van der Waals surface area contributed by atoms with E-state index < -0.39 is 11.4 Å². The van der Waals surface area contributed by atoms with Gasteiger partial charge in [0.05, 0.1) is 11.3 Å². The van der Waals surface area contributed by atoms with Crippen LogP contribution in [0.4, 0.5) is 10.1 Å². The molecule has 1 aromatic carbocycles. The standard InChI is InChI=1S/C13H17FN2O/c1-9(2)13(3,17)8-16-12-6-4-5-11(14)10(12)7-15/h4-6,9,16-17H,8H2,1-3H3. The van der Waals surface area contributed by atoms with Crippen molar-refractivity contribution in [2.75, 3.05) is 11.9 Å². The molecule has 0 fully saturated rings. The molecule has 0 aliphatic carbocycles. The van der Waals surface area contributed by atoms with Gasteiger partial charge in [0, 0.05) is 6.54 Å². The summed E-state index contributed by atoms with van der Waals surface area (Å²) in [5.41, 5.74) is -0.514. The molecule has 0 aliphatic rings. The number of rotatable bonds is 4. The first-order valence-corrected chi connectivity index (χ1v) is 5.53. The lowest BCUT2D eigenvalue weighted by molar-refractivity contribution is 0.0266. The number of nitrogens with zero attached hydrogens (tertiary/aromatic N) is 1. The monoisotopic (exact) mass is 236 g/mol. The Hall–Kier alpha value is -1.60. The summed E-state index contributed by atoms with van der Waals surface area (Å²) in [7, 11) is 0. The SMILES string of the molecule is CC(C)C(C)(O)CNc1cccc(F)c1C#N. The Morgan fingerprint density at radius 3 is 2.71 bits per heavy atom. The second-order valence-electron chi connectivity index (χ2n) is 4.64. The highest BCUT2D eigenvalue weighted by Gasteiger charge is 2.24. The van der Waals surface area contributed by atoms with Crippen LogP contribution in [0.25, 0.3) is 0 Å². The van der Waals surface area contributed by atoms with Gasteiger partial charge in [-0.1, -0.05) is 19.9 Å². The van der Waals surface area contributed by atoms with Gasteiger partial charge in [-0.3, -0.25) is 0 Å². The lowest BCUT2D eigenvalue weighted by Gasteiger charge is -2.28. The summed E-state index contributed by atoms with van der Waals surface area (Å²) >= 11 is 0. The van der Waals surface area contributed by atoms with Crippen molar-refractivity contribution in [2.24, 2.45) is 5.92 Å².